The number of aliphatic hydroxyl groups is 1. The molecule has 5 nitrogen and oxygen atoms in total. The number of nitrogens with zero attached hydrogens (tertiary/aromatic N) is 2. The van der Waals surface area contributed by atoms with E-state index in [4.69, 9.17) is 0 Å². The number of hydrogen-bond donors (Lipinski definition) is 2. The zero-order valence-electron chi connectivity index (χ0n) is 13.4. The molecule has 1 aromatic heterocycles. The molecule has 2 N–H and O–H groups in total. The highest BCUT2D eigenvalue weighted by Crippen LogP contribution is 2.31. The Morgan fingerprint density at radius 1 is 1.20 bits per heavy atom. The van der Waals surface area contributed by atoms with Crippen molar-refractivity contribution in [2.75, 3.05) is 5.32 Å². The summed E-state index contributed by atoms with van der Waals surface area (Å²) < 4.78 is 15.7. The van der Waals surface area contributed by atoms with Crippen LogP contribution >= 0.6 is 0 Å². The monoisotopic (exact) mass is 337 g/mol. The lowest BCUT2D eigenvalue weighted by molar-refractivity contribution is -0.115. The molecule has 0 aliphatic carbocycles. The zero-order valence-corrected chi connectivity index (χ0v) is 13.4. The predicted molar refractivity (Wildman–Crippen MR) is 93.5 cm³/mol. The fraction of sp³-hybridized carbons (Fsp3) is 0.158. The van der Waals surface area contributed by atoms with Crippen molar-refractivity contribution in [3.8, 4) is 0 Å². The van der Waals surface area contributed by atoms with Crippen molar-refractivity contribution in [2.24, 2.45) is 0 Å². The fourth-order valence-electron chi connectivity index (χ4n) is 3.13. The molecule has 6 heteroatoms. The van der Waals surface area contributed by atoms with E-state index in [1.54, 1.807) is 12.1 Å². The maximum Gasteiger partial charge on any atom is 0.229 e. The summed E-state index contributed by atoms with van der Waals surface area (Å²) in [6.45, 7) is 0.611. The lowest BCUT2D eigenvalue weighted by atomic mass is 10.0. The molecule has 0 radical (unpaired) electrons. The maximum absolute atomic E-state index is 13.7. The highest BCUT2D eigenvalue weighted by molar-refractivity contribution is 5.98. The number of halogens is 1. The van der Waals surface area contributed by atoms with Crippen LogP contribution < -0.4 is 5.32 Å². The van der Waals surface area contributed by atoms with Gasteiger partial charge in [-0.1, -0.05) is 24.3 Å². The third kappa shape index (κ3) is 2.76. The first-order valence-corrected chi connectivity index (χ1v) is 8.04. The van der Waals surface area contributed by atoms with E-state index in [1.807, 2.05) is 28.8 Å². The third-order valence-corrected chi connectivity index (χ3v) is 4.33. The SMILES string of the molecule is O=C(CC1=C(O)CCn2c1nc1ccccc12)Nc1ccccc1F. The summed E-state index contributed by atoms with van der Waals surface area (Å²) in [5, 5.41) is 12.8. The van der Waals surface area contributed by atoms with E-state index in [0.717, 1.165) is 11.0 Å². The summed E-state index contributed by atoms with van der Waals surface area (Å²) in [5.74, 6) is -0.141. The first-order valence-electron chi connectivity index (χ1n) is 8.04. The molecular formula is C19H16FN3O2. The van der Waals surface area contributed by atoms with Crippen LogP contribution in [-0.4, -0.2) is 20.6 Å². The average molecular weight is 337 g/mol. The molecule has 0 spiro atoms. The second-order valence-corrected chi connectivity index (χ2v) is 5.96. The lowest BCUT2D eigenvalue weighted by Gasteiger charge is -2.19. The molecule has 1 amide bonds. The van der Waals surface area contributed by atoms with Gasteiger partial charge >= 0.3 is 0 Å². The maximum atomic E-state index is 13.7. The molecule has 0 atom stereocenters. The van der Waals surface area contributed by atoms with Crippen LogP contribution in [0.2, 0.25) is 0 Å². The van der Waals surface area contributed by atoms with Crippen LogP contribution in [0.5, 0.6) is 0 Å². The first kappa shape index (κ1) is 15.4. The molecule has 0 unspecified atom stereocenters. The van der Waals surface area contributed by atoms with Gasteiger partial charge < -0.3 is 15.0 Å². The highest BCUT2D eigenvalue weighted by Gasteiger charge is 2.24. The van der Waals surface area contributed by atoms with Crippen LogP contribution in [0.15, 0.2) is 54.3 Å². The van der Waals surface area contributed by atoms with E-state index < -0.39 is 11.7 Å². The van der Waals surface area contributed by atoms with Gasteiger partial charge in [0.2, 0.25) is 5.91 Å². The number of hydrogen-bond acceptors (Lipinski definition) is 3. The number of para-hydroxylation sites is 3. The van der Waals surface area contributed by atoms with E-state index in [0.29, 0.717) is 24.4 Å². The first-order chi connectivity index (χ1) is 12.1. The van der Waals surface area contributed by atoms with Crippen molar-refractivity contribution in [2.45, 2.75) is 19.4 Å². The minimum atomic E-state index is -0.495. The van der Waals surface area contributed by atoms with Gasteiger partial charge in [0.15, 0.2) is 0 Å². The minimum Gasteiger partial charge on any atom is -0.512 e. The van der Waals surface area contributed by atoms with Crippen molar-refractivity contribution < 1.29 is 14.3 Å². The van der Waals surface area contributed by atoms with Gasteiger partial charge in [0.25, 0.3) is 0 Å². The van der Waals surface area contributed by atoms with Gasteiger partial charge in [0.1, 0.15) is 17.4 Å². The van der Waals surface area contributed by atoms with Crippen LogP contribution in [0.1, 0.15) is 18.7 Å². The molecule has 1 aliphatic heterocycles. The van der Waals surface area contributed by atoms with E-state index >= 15 is 0 Å². The molecule has 25 heavy (non-hydrogen) atoms. The third-order valence-electron chi connectivity index (χ3n) is 4.33. The second-order valence-electron chi connectivity index (χ2n) is 5.96. The summed E-state index contributed by atoms with van der Waals surface area (Å²) in [7, 11) is 0. The van der Waals surface area contributed by atoms with Crippen molar-refractivity contribution in [3.05, 3.63) is 65.9 Å². The van der Waals surface area contributed by atoms with Gasteiger partial charge in [-0.3, -0.25) is 4.79 Å². The Labute approximate surface area is 143 Å². The quantitative estimate of drug-likeness (QED) is 0.762. The summed E-state index contributed by atoms with van der Waals surface area (Å²) in [5.41, 5.74) is 2.39. The second kappa shape index (κ2) is 6.05. The molecule has 0 saturated heterocycles. The highest BCUT2D eigenvalue weighted by atomic mass is 19.1. The summed E-state index contributed by atoms with van der Waals surface area (Å²) in [4.78, 5) is 16.9. The van der Waals surface area contributed by atoms with Crippen LogP contribution in [0.4, 0.5) is 10.1 Å². The normalized spacial score (nSPS) is 13.8. The number of imidazole rings is 1. The lowest BCUT2D eigenvalue weighted by Crippen LogP contribution is -2.18. The van der Waals surface area contributed by atoms with Gasteiger partial charge in [-0.2, -0.15) is 0 Å². The van der Waals surface area contributed by atoms with E-state index in [-0.39, 0.29) is 17.9 Å². The summed E-state index contributed by atoms with van der Waals surface area (Å²) in [6.07, 6.45) is 0.374. The molecule has 1 aliphatic rings. The van der Waals surface area contributed by atoms with Crippen molar-refractivity contribution >= 4 is 28.2 Å². The summed E-state index contributed by atoms with van der Waals surface area (Å²) in [6, 6.07) is 13.7. The van der Waals surface area contributed by atoms with Crippen molar-refractivity contribution in [1.82, 2.24) is 9.55 Å². The van der Waals surface area contributed by atoms with E-state index in [1.165, 1.54) is 12.1 Å². The van der Waals surface area contributed by atoms with E-state index in [9.17, 15) is 14.3 Å². The van der Waals surface area contributed by atoms with Crippen LogP contribution in [0, 0.1) is 5.82 Å². The number of anilines is 1. The Balaban J connectivity index is 1.64. The number of rotatable bonds is 3. The molecular weight excluding hydrogens is 321 g/mol. The van der Waals surface area contributed by atoms with Crippen LogP contribution in [-0.2, 0) is 11.3 Å². The van der Waals surface area contributed by atoms with Crippen LogP contribution in [0.3, 0.4) is 0 Å². The Bertz CT molecular complexity index is 1010. The number of nitrogens with one attached hydrogen (secondary N) is 1. The number of aliphatic hydroxyl groups excluding tert-OH is 1. The van der Waals surface area contributed by atoms with E-state index in [2.05, 4.69) is 10.3 Å². The zero-order chi connectivity index (χ0) is 17.4. The Kier molecular flexibility index (Phi) is 3.72. The molecule has 2 aromatic carbocycles. The predicted octanol–water partition coefficient (Wildman–Crippen LogP) is 3.88. The standard InChI is InChI=1S/C19H16FN3O2/c20-13-5-1-2-6-14(13)21-18(25)11-12-17(24)9-10-23-16-8-4-3-7-15(16)22-19(12)23/h1-8,24H,9-11H2,(H,21,25). The number of carbonyl (C=O) groups is 1. The number of fused-ring (bicyclic) bond motifs is 3. The average Bonchev–Trinajstić information content (AvgIpc) is 2.98. The molecule has 126 valence electrons. The van der Waals surface area contributed by atoms with Crippen molar-refractivity contribution in [1.29, 1.82) is 0 Å². The van der Waals surface area contributed by atoms with Gasteiger partial charge in [0.05, 0.1) is 23.1 Å². The Morgan fingerprint density at radius 2 is 1.96 bits per heavy atom. The van der Waals surface area contributed by atoms with Gasteiger partial charge in [-0.25, -0.2) is 9.37 Å². The molecule has 4 rings (SSSR count). The number of aryl methyl sites for hydroxylation is 1. The number of amides is 1. The minimum absolute atomic E-state index is 0.0660. The van der Waals surface area contributed by atoms with Crippen LogP contribution in [0.25, 0.3) is 16.6 Å². The number of benzene rings is 2. The summed E-state index contributed by atoms with van der Waals surface area (Å²) >= 11 is 0. The molecule has 0 bridgehead atoms. The molecule has 3 aromatic rings. The van der Waals surface area contributed by atoms with Gasteiger partial charge in [-0.15, -0.1) is 0 Å². The Hall–Kier alpha value is -3.15. The number of aromatic nitrogens is 2. The number of allylic oxidation sites excluding steroid dienone is 1. The van der Waals surface area contributed by atoms with Gasteiger partial charge in [-0.05, 0) is 24.3 Å². The number of carbonyl (C=O) groups excluding carboxylic acids is 1. The van der Waals surface area contributed by atoms with Gasteiger partial charge in [0, 0.05) is 18.5 Å². The fourth-order valence-corrected chi connectivity index (χ4v) is 3.13. The Morgan fingerprint density at radius 3 is 2.80 bits per heavy atom. The molecule has 2 heterocycles. The smallest absolute Gasteiger partial charge is 0.229 e. The largest absolute Gasteiger partial charge is 0.512 e. The molecule has 0 saturated carbocycles. The topological polar surface area (TPSA) is 67.1 Å². The van der Waals surface area contributed by atoms with Crippen molar-refractivity contribution in [3.63, 3.8) is 0 Å². The molecule has 0 fully saturated rings.